The molecule has 3 aliphatic rings. The summed E-state index contributed by atoms with van der Waals surface area (Å²) < 4.78 is 5.35. The second kappa shape index (κ2) is 4.53. The zero-order valence-corrected chi connectivity index (χ0v) is 13.2. The molecule has 2 aliphatic carbocycles. The number of carbonyl (C=O) groups excluding carboxylic acids is 2. The van der Waals surface area contributed by atoms with Gasteiger partial charge in [0.2, 0.25) is 0 Å². The van der Waals surface area contributed by atoms with Crippen LogP contribution in [-0.2, 0) is 24.1 Å². The molecule has 0 aromatic carbocycles. The minimum Gasteiger partial charge on any atom is -0.460 e. The van der Waals surface area contributed by atoms with Gasteiger partial charge in [-0.05, 0) is 38.0 Å². The van der Waals surface area contributed by atoms with E-state index in [4.69, 9.17) is 14.5 Å². The number of hydrogen-bond acceptors (Lipinski definition) is 5. The molecule has 1 heterocycles. The number of fused-ring (bicyclic) bond motifs is 1. The summed E-state index contributed by atoms with van der Waals surface area (Å²) in [6.45, 7) is 7.72. The molecule has 5 nitrogen and oxygen atoms in total. The molecule has 3 fully saturated rings. The van der Waals surface area contributed by atoms with Crippen molar-refractivity contribution in [2.24, 2.45) is 10.8 Å². The molecule has 118 valence electrons. The fourth-order valence-electron chi connectivity index (χ4n) is 4.74. The molecular weight excluding hydrogens is 272 g/mol. The predicted octanol–water partition coefficient (Wildman–Crippen LogP) is 2.57. The number of rotatable bonds is 1. The highest BCUT2D eigenvalue weighted by Crippen LogP contribution is 2.64. The Labute approximate surface area is 125 Å². The number of carbonyl (C=O) groups is 2. The van der Waals surface area contributed by atoms with Gasteiger partial charge in [0.1, 0.15) is 12.2 Å². The monoisotopic (exact) mass is 296 g/mol. The van der Waals surface area contributed by atoms with Crippen LogP contribution in [0, 0.1) is 10.8 Å². The van der Waals surface area contributed by atoms with Gasteiger partial charge in [-0.1, -0.05) is 13.8 Å². The standard InChI is InChI=1S/C16H24O5/c1-10(17)19-11-5-8-16-9-12(11)20-21-15(16,4)13(18)6-7-14(16,2)3/h11-12H,5-9H2,1-4H3/t11-,12-,15-,16+/m0/s1. The number of hydrogen-bond donors (Lipinski definition) is 0. The van der Waals surface area contributed by atoms with Crippen molar-refractivity contribution < 1.29 is 24.1 Å². The van der Waals surface area contributed by atoms with E-state index in [2.05, 4.69) is 13.8 Å². The van der Waals surface area contributed by atoms with Gasteiger partial charge in [-0.15, -0.1) is 0 Å². The van der Waals surface area contributed by atoms with E-state index < -0.39 is 5.60 Å². The quantitative estimate of drug-likeness (QED) is 0.550. The molecule has 0 amide bonds. The van der Waals surface area contributed by atoms with Crippen molar-refractivity contribution in [2.45, 2.75) is 77.6 Å². The Morgan fingerprint density at radius 2 is 2.00 bits per heavy atom. The maximum Gasteiger partial charge on any atom is 0.302 e. The summed E-state index contributed by atoms with van der Waals surface area (Å²) in [4.78, 5) is 34.9. The molecule has 0 aromatic heterocycles. The van der Waals surface area contributed by atoms with Gasteiger partial charge in [-0.3, -0.25) is 9.59 Å². The Morgan fingerprint density at radius 1 is 1.29 bits per heavy atom. The van der Waals surface area contributed by atoms with Crippen LogP contribution in [0.15, 0.2) is 0 Å². The fourth-order valence-corrected chi connectivity index (χ4v) is 4.74. The first-order valence-corrected chi connectivity index (χ1v) is 7.77. The maximum absolute atomic E-state index is 12.5. The number of Topliss-reactive ketones (excluding diaryl/α,β-unsaturated/α-hetero) is 1. The molecule has 4 atom stereocenters. The summed E-state index contributed by atoms with van der Waals surface area (Å²) in [6, 6.07) is 0. The lowest BCUT2D eigenvalue weighted by atomic mass is 9.45. The average molecular weight is 296 g/mol. The van der Waals surface area contributed by atoms with Crippen LogP contribution in [0.25, 0.3) is 0 Å². The molecule has 0 unspecified atom stereocenters. The summed E-state index contributed by atoms with van der Waals surface area (Å²) >= 11 is 0. The van der Waals surface area contributed by atoms with E-state index in [-0.39, 0.29) is 34.8 Å². The van der Waals surface area contributed by atoms with Gasteiger partial charge in [0.25, 0.3) is 0 Å². The minimum atomic E-state index is -0.882. The van der Waals surface area contributed by atoms with Crippen LogP contribution in [-0.4, -0.2) is 29.6 Å². The lowest BCUT2D eigenvalue weighted by Gasteiger charge is -2.64. The zero-order chi connectivity index (χ0) is 15.5. The largest absolute Gasteiger partial charge is 0.460 e. The SMILES string of the molecule is CC(=O)O[C@H]1CC[C@]23C[C@@H]1OO[C@@]2(C)C(=O)CCC3(C)C. The van der Waals surface area contributed by atoms with Gasteiger partial charge in [-0.2, -0.15) is 0 Å². The Bertz CT molecular complexity index is 485. The molecule has 1 saturated heterocycles. The molecule has 2 saturated carbocycles. The predicted molar refractivity (Wildman–Crippen MR) is 74.2 cm³/mol. The van der Waals surface area contributed by atoms with Gasteiger partial charge in [0.05, 0.1) is 0 Å². The van der Waals surface area contributed by atoms with Crippen LogP contribution >= 0.6 is 0 Å². The Kier molecular flexibility index (Phi) is 3.23. The first kappa shape index (κ1) is 15.0. The second-order valence-corrected chi connectivity index (χ2v) is 7.53. The molecule has 0 aromatic rings. The Morgan fingerprint density at radius 3 is 2.67 bits per heavy atom. The smallest absolute Gasteiger partial charge is 0.302 e. The number of ketones is 1. The third-order valence-corrected chi connectivity index (χ3v) is 6.19. The van der Waals surface area contributed by atoms with Crippen molar-refractivity contribution in [3.05, 3.63) is 0 Å². The van der Waals surface area contributed by atoms with E-state index >= 15 is 0 Å². The lowest BCUT2D eigenvalue weighted by molar-refractivity contribution is -0.456. The third kappa shape index (κ3) is 1.90. The van der Waals surface area contributed by atoms with E-state index in [0.717, 1.165) is 19.3 Å². The second-order valence-electron chi connectivity index (χ2n) is 7.53. The van der Waals surface area contributed by atoms with Gasteiger partial charge in [-0.25, -0.2) is 9.78 Å². The molecule has 5 heteroatoms. The minimum absolute atomic E-state index is 0.00111. The van der Waals surface area contributed by atoms with E-state index in [9.17, 15) is 9.59 Å². The summed E-state index contributed by atoms with van der Waals surface area (Å²) in [6.07, 6.45) is 3.11. The molecule has 0 N–H and O–H groups in total. The Balaban J connectivity index is 1.95. The highest BCUT2D eigenvalue weighted by molar-refractivity contribution is 5.89. The van der Waals surface area contributed by atoms with Crippen molar-refractivity contribution in [1.82, 2.24) is 0 Å². The van der Waals surface area contributed by atoms with E-state index in [0.29, 0.717) is 12.8 Å². The van der Waals surface area contributed by atoms with Crippen molar-refractivity contribution in [3.8, 4) is 0 Å². The van der Waals surface area contributed by atoms with E-state index in [1.165, 1.54) is 6.92 Å². The molecule has 1 spiro atoms. The summed E-state index contributed by atoms with van der Waals surface area (Å²) in [7, 11) is 0. The Hall–Kier alpha value is -0.940. The highest BCUT2D eigenvalue weighted by atomic mass is 17.2. The van der Waals surface area contributed by atoms with Crippen molar-refractivity contribution in [1.29, 1.82) is 0 Å². The zero-order valence-electron chi connectivity index (χ0n) is 13.2. The van der Waals surface area contributed by atoms with Crippen molar-refractivity contribution in [3.63, 3.8) is 0 Å². The van der Waals surface area contributed by atoms with Crippen molar-refractivity contribution in [2.75, 3.05) is 0 Å². The topological polar surface area (TPSA) is 61.8 Å². The summed E-state index contributed by atoms with van der Waals surface area (Å²) in [5.41, 5.74) is -1.12. The first-order chi connectivity index (χ1) is 9.72. The fraction of sp³-hybridized carbons (Fsp3) is 0.875. The van der Waals surface area contributed by atoms with Crippen LogP contribution in [0.3, 0.4) is 0 Å². The van der Waals surface area contributed by atoms with Crippen LogP contribution in [0.4, 0.5) is 0 Å². The van der Waals surface area contributed by atoms with Crippen LogP contribution in [0.1, 0.15) is 59.8 Å². The van der Waals surface area contributed by atoms with Gasteiger partial charge < -0.3 is 4.74 Å². The van der Waals surface area contributed by atoms with Crippen LogP contribution in [0.5, 0.6) is 0 Å². The van der Waals surface area contributed by atoms with Crippen molar-refractivity contribution >= 4 is 11.8 Å². The highest BCUT2D eigenvalue weighted by Gasteiger charge is 2.69. The number of ether oxygens (including phenoxy) is 1. The van der Waals surface area contributed by atoms with Crippen LogP contribution < -0.4 is 0 Å². The maximum atomic E-state index is 12.5. The number of esters is 1. The molecule has 21 heavy (non-hydrogen) atoms. The molecule has 1 aliphatic heterocycles. The van der Waals surface area contributed by atoms with Gasteiger partial charge in [0.15, 0.2) is 11.4 Å². The summed E-state index contributed by atoms with van der Waals surface area (Å²) in [5.74, 6) is -0.168. The first-order valence-electron chi connectivity index (χ1n) is 7.77. The van der Waals surface area contributed by atoms with Gasteiger partial charge >= 0.3 is 5.97 Å². The average Bonchev–Trinajstić information content (AvgIpc) is 2.41. The van der Waals surface area contributed by atoms with Gasteiger partial charge in [0, 0.05) is 18.8 Å². The van der Waals surface area contributed by atoms with Crippen LogP contribution in [0.2, 0.25) is 0 Å². The molecule has 3 rings (SSSR count). The van der Waals surface area contributed by atoms with E-state index in [1.54, 1.807) is 0 Å². The third-order valence-electron chi connectivity index (χ3n) is 6.19. The molecule has 0 radical (unpaired) electrons. The normalized spacial score (nSPS) is 44.9. The molecular formula is C16H24O5. The lowest BCUT2D eigenvalue weighted by Crippen LogP contribution is -2.70. The van der Waals surface area contributed by atoms with E-state index in [1.807, 2.05) is 6.92 Å². The summed E-state index contributed by atoms with van der Waals surface area (Å²) in [5, 5.41) is 0. The molecule has 2 bridgehead atoms.